The molecule has 0 heterocycles. The third-order valence-corrected chi connectivity index (χ3v) is 3.29. The first-order valence-corrected chi connectivity index (χ1v) is 6.61. The molecule has 2 aromatic rings. The summed E-state index contributed by atoms with van der Waals surface area (Å²) in [7, 11) is 3.00. The van der Waals surface area contributed by atoms with Crippen LogP contribution in [0.15, 0.2) is 54.6 Å². The normalized spacial score (nSPS) is 13.5. The Balaban J connectivity index is 2.24. The average molecular weight is 286 g/mol. The number of ether oxygens (including phenoxy) is 2. The lowest BCUT2D eigenvalue weighted by atomic mass is 9.97. The minimum absolute atomic E-state index is 0.389. The Morgan fingerprint density at radius 3 is 2.38 bits per heavy atom. The summed E-state index contributed by atoms with van der Waals surface area (Å²) in [6.45, 7) is 0. The lowest BCUT2D eigenvalue weighted by Crippen LogP contribution is -2.29. The van der Waals surface area contributed by atoms with Gasteiger partial charge in [-0.1, -0.05) is 42.5 Å². The van der Waals surface area contributed by atoms with E-state index in [9.17, 15) is 9.90 Å². The molecule has 0 aliphatic carbocycles. The van der Waals surface area contributed by atoms with Gasteiger partial charge in [0.05, 0.1) is 7.11 Å². The van der Waals surface area contributed by atoms with Gasteiger partial charge in [-0.2, -0.15) is 0 Å². The number of hydrogen-bond donors (Lipinski definition) is 1. The molecule has 0 aliphatic heterocycles. The van der Waals surface area contributed by atoms with E-state index in [0.29, 0.717) is 11.3 Å². The average Bonchev–Trinajstić information content (AvgIpc) is 2.55. The van der Waals surface area contributed by atoms with Crippen LogP contribution in [0.1, 0.15) is 22.0 Å². The van der Waals surface area contributed by atoms with E-state index >= 15 is 0 Å². The highest BCUT2D eigenvalue weighted by Crippen LogP contribution is 2.24. The molecule has 0 aliphatic rings. The van der Waals surface area contributed by atoms with Crippen LogP contribution in [0.5, 0.6) is 5.75 Å². The molecule has 2 aromatic carbocycles. The number of ketones is 1. The molecule has 110 valence electrons. The second kappa shape index (κ2) is 7.02. The summed E-state index contributed by atoms with van der Waals surface area (Å²) < 4.78 is 10.4. The number of benzene rings is 2. The smallest absolute Gasteiger partial charge is 0.194 e. The van der Waals surface area contributed by atoms with E-state index in [1.807, 2.05) is 30.3 Å². The predicted molar refractivity (Wildman–Crippen MR) is 79.5 cm³/mol. The summed E-state index contributed by atoms with van der Waals surface area (Å²) >= 11 is 0. The van der Waals surface area contributed by atoms with Crippen molar-refractivity contribution in [3.63, 3.8) is 0 Å². The molecule has 21 heavy (non-hydrogen) atoms. The van der Waals surface area contributed by atoms with E-state index < -0.39 is 18.0 Å². The highest BCUT2D eigenvalue weighted by Gasteiger charge is 2.28. The summed E-state index contributed by atoms with van der Waals surface area (Å²) in [6, 6.07) is 15.9. The number of Topliss-reactive ketones (excluding diaryl/α,β-unsaturated/α-hetero) is 1. The maximum absolute atomic E-state index is 12.4. The summed E-state index contributed by atoms with van der Waals surface area (Å²) in [5.41, 5.74) is 1.14. The minimum Gasteiger partial charge on any atom is -0.497 e. The fraction of sp³-hybridized carbons (Fsp3) is 0.235. The molecule has 0 aromatic heterocycles. The largest absolute Gasteiger partial charge is 0.497 e. The summed E-state index contributed by atoms with van der Waals surface area (Å²) in [5, 5.41) is 10.3. The van der Waals surface area contributed by atoms with Gasteiger partial charge in [-0.25, -0.2) is 0 Å². The zero-order valence-electron chi connectivity index (χ0n) is 12.0. The second-order valence-corrected chi connectivity index (χ2v) is 4.61. The van der Waals surface area contributed by atoms with Crippen molar-refractivity contribution in [2.75, 3.05) is 14.2 Å². The van der Waals surface area contributed by atoms with E-state index in [0.717, 1.165) is 5.56 Å². The van der Waals surface area contributed by atoms with Crippen LogP contribution in [0.25, 0.3) is 0 Å². The number of methoxy groups -OCH3 is 2. The van der Waals surface area contributed by atoms with Gasteiger partial charge in [0.25, 0.3) is 0 Å². The SMILES string of the molecule is COc1cccc(C(=O)[C@H](O)[C@H](OC)c2ccccc2)c1. The third kappa shape index (κ3) is 3.48. The van der Waals surface area contributed by atoms with Crippen molar-refractivity contribution in [3.8, 4) is 5.75 Å². The Hall–Kier alpha value is -2.17. The zero-order valence-corrected chi connectivity index (χ0v) is 12.0. The van der Waals surface area contributed by atoms with Gasteiger partial charge in [0.2, 0.25) is 0 Å². The van der Waals surface area contributed by atoms with E-state index in [2.05, 4.69) is 0 Å². The van der Waals surface area contributed by atoms with Gasteiger partial charge in [-0.05, 0) is 17.7 Å². The number of hydrogen-bond acceptors (Lipinski definition) is 4. The number of aliphatic hydroxyl groups excluding tert-OH is 1. The van der Waals surface area contributed by atoms with E-state index in [4.69, 9.17) is 9.47 Å². The molecule has 1 N–H and O–H groups in total. The van der Waals surface area contributed by atoms with E-state index in [1.165, 1.54) is 14.2 Å². The Kier molecular flexibility index (Phi) is 5.09. The standard InChI is InChI=1S/C17H18O4/c1-20-14-10-6-9-13(11-14)15(18)16(19)17(21-2)12-7-4-3-5-8-12/h3-11,16-17,19H,1-2H3/t16-,17+/m0/s1. The van der Waals surface area contributed by atoms with Crippen molar-refractivity contribution >= 4 is 5.78 Å². The van der Waals surface area contributed by atoms with E-state index in [1.54, 1.807) is 24.3 Å². The highest BCUT2D eigenvalue weighted by molar-refractivity contribution is 6.00. The number of rotatable bonds is 6. The minimum atomic E-state index is -1.27. The number of carbonyl (C=O) groups excluding carboxylic acids is 1. The maximum Gasteiger partial charge on any atom is 0.194 e. The monoisotopic (exact) mass is 286 g/mol. The van der Waals surface area contributed by atoms with Crippen molar-refractivity contribution in [2.24, 2.45) is 0 Å². The Bertz CT molecular complexity index is 595. The lowest BCUT2D eigenvalue weighted by Gasteiger charge is -2.21. The van der Waals surface area contributed by atoms with Gasteiger partial charge in [-0.3, -0.25) is 4.79 Å². The Morgan fingerprint density at radius 2 is 1.76 bits per heavy atom. The lowest BCUT2D eigenvalue weighted by molar-refractivity contribution is -0.00431. The molecule has 2 atom stereocenters. The summed E-state index contributed by atoms with van der Waals surface area (Å²) in [4.78, 5) is 12.4. The molecule has 0 saturated carbocycles. The van der Waals surface area contributed by atoms with Crippen molar-refractivity contribution in [3.05, 3.63) is 65.7 Å². The zero-order chi connectivity index (χ0) is 15.2. The first-order valence-electron chi connectivity index (χ1n) is 6.61. The van der Waals surface area contributed by atoms with Crippen LogP contribution >= 0.6 is 0 Å². The van der Waals surface area contributed by atoms with Crippen molar-refractivity contribution in [1.82, 2.24) is 0 Å². The van der Waals surface area contributed by atoms with Crippen LogP contribution in [0.2, 0.25) is 0 Å². The molecule has 4 nitrogen and oxygen atoms in total. The Morgan fingerprint density at radius 1 is 1.05 bits per heavy atom. The van der Waals surface area contributed by atoms with Crippen LogP contribution in [0.3, 0.4) is 0 Å². The van der Waals surface area contributed by atoms with Gasteiger partial charge in [0.15, 0.2) is 5.78 Å². The van der Waals surface area contributed by atoms with Gasteiger partial charge in [0.1, 0.15) is 18.0 Å². The molecule has 0 unspecified atom stereocenters. The second-order valence-electron chi connectivity index (χ2n) is 4.61. The van der Waals surface area contributed by atoms with Gasteiger partial charge in [0, 0.05) is 12.7 Å². The van der Waals surface area contributed by atoms with Crippen molar-refractivity contribution < 1.29 is 19.4 Å². The highest BCUT2D eigenvalue weighted by atomic mass is 16.5. The molecule has 0 amide bonds. The van der Waals surface area contributed by atoms with Crippen molar-refractivity contribution in [2.45, 2.75) is 12.2 Å². The molecular weight excluding hydrogens is 268 g/mol. The summed E-state index contributed by atoms with van der Waals surface area (Å²) in [6.07, 6.45) is -1.98. The molecule has 4 heteroatoms. The van der Waals surface area contributed by atoms with Gasteiger partial charge in [-0.15, -0.1) is 0 Å². The molecule has 2 rings (SSSR count). The van der Waals surface area contributed by atoms with Gasteiger partial charge >= 0.3 is 0 Å². The predicted octanol–water partition coefficient (Wildman–Crippen LogP) is 2.63. The van der Waals surface area contributed by atoms with Crippen LogP contribution in [-0.2, 0) is 4.74 Å². The van der Waals surface area contributed by atoms with Crippen LogP contribution in [0.4, 0.5) is 0 Å². The number of aliphatic hydroxyl groups is 1. The van der Waals surface area contributed by atoms with E-state index in [-0.39, 0.29) is 0 Å². The fourth-order valence-corrected chi connectivity index (χ4v) is 2.17. The molecule has 0 bridgehead atoms. The molecule has 0 saturated heterocycles. The summed E-state index contributed by atoms with van der Waals surface area (Å²) in [5.74, 6) is 0.173. The third-order valence-electron chi connectivity index (χ3n) is 3.29. The molecular formula is C17H18O4. The fourth-order valence-electron chi connectivity index (χ4n) is 2.17. The van der Waals surface area contributed by atoms with Crippen LogP contribution in [0, 0.1) is 0 Å². The van der Waals surface area contributed by atoms with Gasteiger partial charge < -0.3 is 14.6 Å². The van der Waals surface area contributed by atoms with Crippen LogP contribution in [-0.4, -0.2) is 31.2 Å². The first-order chi connectivity index (χ1) is 10.2. The van der Waals surface area contributed by atoms with Crippen LogP contribution < -0.4 is 4.74 Å². The number of carbonyl (C=O) groups is 1. The topological polar surface area (TPSA) is 55.8 Å². The maximum atomic E-state index is 12.4. The molecule has 0 radical (unpaired) electrons. The molecule has 0 spiro atoms. The van der Waals surface area contributed by atoms with Crippen molar-refractivity contribution in [1.29, 1.82) is 0 Å². The Labute approximate surface area is 123 Å². The quantitative estimate of drug-likeness (QED) is 0.829. The molecule has 0 fully saturated rings. The first kappa shape index (κ1) is 15.2.